The number of hydrogen-bond donors (Lipinski definition) is 2. The Labute approximate surface area is 154 Å². The molecule has 4 heteroatoms. The highest BCUT2D eigenvalue weighted by molar-refractivity contribution is 8.02. The number of nitrogens with two attached hydrogens (primary N) is 1. The Morgan fingerprint density at radius 2 is 1.88 bits per heavy atom. The molecule has 0 fully saturated rings. The Bertz CT molecular complexity index is 715. The summed E-state index contributed by atoms with van der Waals surface area (Å²) in [6.45, 7) is 4.34. The molecular weight excluding hydrogens is 338 g/mol. The van der Waals surface area contributed by atoms with Gasteiger partial charge < -0.3 is 10.8 Å². The first-order valence-electron chi connectivity index (χ1n) is 7.93. The maximum atomic E-state index is 9.78. The largest absolute Gasteiger partial charge is 0.508 e. The van der Waals surface area contributed by atoms with Gasteiger partial charge in [-0.25, -0.2) is 0 Å². The quantitative estimate of drug-likeness (QED) is 0.829. The average Bonchev–Trinajstić information content (AvgIpc) is 2.54. The van der Waals surface area contributed by atoms with Crippen LogP contribution in [0.3, 0.4) is 0 Å². The third-order valence-electron chi connectivity index (χ3n) is 4.76. The van der Waals surface area contributed by atoms with Crippen molar-refractivity contribution in [3.05, 3.63) is 70.6 Å². The Balaban J connectivity index is 0.00000208. The summed E-state index contributed by atoms with van der Waals surface area (Å²) in [5.41, 5.74) is 10.1. The van der Waals surface area contributed by atoms with Gasteiger partial charge >= 0.3 is 0 Å². The van der Waals surface area contributed by atoms with Crippen molar-refractivity contribution in [2.45, 2.75) is 37.0 Å². The summed E-state index contributed by atoms with van der Waals surface area (Å²) in [5, 5.41) is 12.3. The summed E-state index contributed by atoms with van der Waals surface area (Å²) in [6.07, 6.45) is 3.07. The van der Waals surface area contributed by atoms with Crippen LogP contribution in [0, 0.1) is 0 Å². The average molecular weight is 362 g/mol. The zero-order valence-corrected chi connectivity index (χ0v) is 15.6. The van der Waals surface area contributed by atoms with E-state index in [1.807, 2.05) is 30.3 Å². The molecule has 0 unspecified atom stereocenters. The van der Waals surface area contributed by atoms with E-state index in [1.54, 1.807) is 17.8 Å². The molecule has 2 nitrogen and oxygen atoms in total. The summed E-state index contributed by atoms with van der Waals surface area (Å²) in [7, 11) is 0. The fraction of sp³-hybridized carbons (Fsp3) is 0.300. The Hall–Kier alpha value is -1.42. The Kier molecular flexibility index (Phi) is 6.02. The van der Waals surface area contributed by atoms with Gasteiger partial charge in [-0.2, -0.15) is 0 Å². The van der Waals surface area contributed by atoms with E-state index in [1.165, 1.54) is 16.7 Å². The zero-order chi connectivity index (χ0) is 16.4. The van der Waals surface area contributed by atoms with E-state index >= 15 is 0 Å². The van der Waals surface area contributed by atoms with Crippen molar-refractivity contribution in [3.63, 3.8) is 0 Å². The highest BCUT2D eigenvalue weighted by Gasteiger charge is 2.40. The van der Waals surface area contributed by atoms with Gasteiger partial charge in [-0.3, -0.25) is 0 Å². The molecule has 3 rings (SSSR count). The van der Waals surface area contributed by atoms with Crippen molar-refractivity contribution < 1.29 is 5.11 Å². The van der Waals surface area contributed by atoms with E-state index in [0.29, 0.717) is 11.0 Å². The van der Waals surface area contributed by atoms with E-state index in [0.717, 1.165) is 6.42 Å². The highest BCUT2D eigenvalue weighted by Crippen LogP contribution is 2.41. The lowest BCUT2D eigenvalue weighted by Crippen LogP contribution is -2.52. The van der Waals surface area contributed by atoms with Gasteiger partial charge in [0.2, 0.25) is 0 Å². The molecule has 128 valence electrons. The highest BCUT2D eigenvalue weighted by atomic mass is 35.5. The second kappa shape index (κ2) is 7.64. The second-order valence-electron chi connectivity index (χ2n) is 6.68. The molecule has 0 bridgehead atoms. The third-order valence-corrected chi connectivity index (χ3v) is 5.86. The van der Waals surface area contributed by atoms with Crippen LogP contribution in [0.5, 0.6) is 5.75 Å². The molecule has 24 heavy (non-hydrogen) atoms. The Morgan fingerprint density at radius 1 is 1.17 bits per heavy atom. The molecule has 0 amide bonds. The van der Waals surface area contributed by atoms with Crippen LogP contribution in [0.1, 0.15) is 30.5 Å². The molecule has 0 spiro atoms. The van der Waals surface area contributed by atoms with Crippen molar-refractivity contribution in [1.82, 2.24) is 0 Å². The van der Waals surface area contributed by atoms with Crippen LogP contribution < -0.4 is 5.73 Å². The number of hydrogen-bond acceptors (Lipinski definition) is 3. The van der Waals surface area contributed by atoms with E-state index in [-0.39, 0.29) is 23.9 Å². The predicted molar refractivity (Wildman–Crippen MR) is 107 cm³/mol. The van der Waals surface area contributed by atoms with Gasteiger partial charge in [-0.15, -0.1) is 24.2 Å². The van der Waals surface area contributed by atoms with E-state index in [9.17, 15) is 5.11 Å². The van der Waals surface area contributed by atoms with Gasteiger partial charge in [0.05, 0.1) is 0 Å². The maximum Gasteiger partial charge on any atom is 0.115 e. The number of thioether (sulfide) groups is 1. The molecule has 0 aliphatic heterocycles. The van der Waals surface area contributed by atoms with Crippen LogP contribution in [-0.2, 0) is 11.8 Å². The number of halogens is 1. The van der Waals surface area contributed by atoms with Crippen LogP contribution in [0.2, 0.25) is 0 Å². The molecule has 0 radical (unpaired) electrons. The van der Waals surface area contributed by atoms with Gasteiger partial charge in [-0.1, -0.05) is 50.2 Å². The number of phenolic OH excluding ortho intramolecular Hbond substituents is 1. The third kappa shape index (κ3) is 3.80. The summed E-state index contributed by atoms with van der Waals surface area (Å²) < 4.78 is 0. The first-order chi connectivity index (χ1) is 11.0. The van der Waals surface area contributed by atoms with Crippen LogP contribution in [0.15, 0.2) is 53.9 Å². The number of benzene rings is 2. The lowest BCUT2D eigenvalue weighted by atomic mass is 9.69. The van der Waals surface area contributed by atoms with Crippen LogP contribution in [0.4, 0.5) is 0 Å². The molecule has 2 aromatic rings. The fourth-order valence-corrected chi connectivity index (χ4v) is 4.47. The lowest BCUT2D eigenvalue weighted by molar-refractivity contribution is 0.369. The minimum atomic E-state index is -0.148. The van der Waals surface area contributed by atoms with E-state index in [2.05, 4.69) is 37.5 Å². The topological polar surface area (TPSA) is 46.2 Å². The molecule has 0 aromatic heterocycles. The van der Waals surface area contributed by atoms with Crippen molar-refractivity contribution >= 4 is 30.2 Å². The lowest BCUT2D eigenvalue weighted by Gasteiger charge is -2.42. The number of aromatic hydroxyl groups is 1. The van der Waals surface area contributed by atoms with Gasteiger partial charge in [-0.05, 0) is 46.7 Å². The molecule has 2 aromatic carbocycles. The molecule has 1 aliphatic rings. The predicted octanol–water partition coefficient (Wildman–Crippen LogP) is 4.75. The molecule has 0 saturated carbocycles. The molecule has 1 aliphatic carbocycles. The SMILES string of the molecule is CC1(C)c2cc(O)ccc2C[C@H](S/C=C/c2ccccc2)[C@H]1N.Cl. The number of phenols is 1. The van der Waals surface area contributed by atoms with Crippen molar-refractivity contribution in [3.8, 4) is 5.75 Å². The summed E-state index contributed by atoms with van der Waals surface area (Å²) in [4.78, 5) is 0. The molecular formula is C20H24ClNOS. The number of fused-ring (bicyclic) bond motifs is 1. The Morgan fingerprint density at radius 3 is 2.58 bits per heavy atom. The number of rotatable bonds is 3. The van der Waals surface area contributed by atoms with Crippen LogP contribution in [-0.4, -0.2) is 16.4 Å². The van der Waals surface area contributed by atoms with Gasteiger partial charge in [0.25, 0.3) is 0 Å². The molecule has 2 atom stereocenters. The monoisotopic (exact) mass is 361 g/mol. The van der Waals surface area contributed by atoms with Crippen molar-refractivity contribution in [2.24, 2.45) is 5.73 Å². The van der Waals surface area contributed by atoms with Crippen LogP contribution in [0.25, 0.3) is 6.08 Å². The maximum absolute atomic E-state index is 9.78. The minimum absolute atomic E-state index is 0. The first kappa shape index (κ1) is 18.9. The fourth-order valence-electron chi connectivity index (χ4n) is 3.25. The smallest absolute Gasteiger partial charge is 0.115 e. The normalized spacial score (nSPS) is 22.0. The molecule has 0 heterocycles. The van der Waals surface area contributed by atoms with Crippen LogP contribution >= 0.6 is 24.2 Å². The minimum Gasteiger partial charge on any atom is -0.508 e. The summed E-state index contributed by atoms with van der Waals surface area (Å²) >= 11 is 1.80. The second-order valence-corrected chi connectivity index (χ2v) is 7.83. The zero-order valence-electron chi connectivity index (χ0n) is 14.0. The summed E-state index contributed by atoms with van der Waals surface area (Å²) in [5.74, 6) is 0.319. The van der Waals surface area contributed by atoms with Gasteiger partial charge in [0.1, 0.15) is 5.75 Å². The first-order valence-corrected chi connectivity index (χ1v) is 8.88. The van der Waals surface area contributed by atoms with Crippen molar-refractivity contribution in [1.29, 1.82) is 0 Å². The van der Waals surface area contributed by atoms with E-state index in [4.69, 9.17) is 5.73 Å². The molecule has 3 N–H and O–H groups in total. The van der Waals surface area contributed by atoms with E-state index < -0.39 is 0 Å². The molecule has 0 saturated heterocycles. The van der Waals surface area contributed by atoms with Gasteiger partial charge in [0, 0.05) is 16.7 Å². The van der Waals surface area contributed by atoms with Gasteiger partial charge in [0.15, 0.2) is 0 Å². The standard InChI is InChI=1S/C20H23NOS.ClH/c1-20(2)17-13-16(22)9-8-15(17)12-18(19(20)21)23-11-10-14-6-4-3-5-7-14;/h3-11,13,18-19,22H,12,21H2,1-2H3;1H/b11-10+;/t18-,19+;/m0./s1. The van der Waals surface area contributed by atoms with Crippen molar-refractivity contribution in [2.75, 3.05) is 0 Å². The summed E-state index contributed by atoms with van der Waals surface area (Å²) in [6, 6.07) is 16.0.